The van der Waals surface area contributed by atoms with E-state index in [9.17, 15) is 2.74 Å². The van der Waals surface area contributed by atoms with Gasteiger partial charge >= 0.3 is 0 Å². The fourth-order valence-electron chi connectivity index (χ4n) is 6.57. The van der Waals surface area contributed by atoms with E-state index in [1.54, 1.807) is 0 Å². The fraction of sp³-hybridized carbons (Fsp3) is 0. The summed E-state index contributed by atoms with van der Waals surface area (Å²) < 4.78 is 37.8. The molecule has 0 atom stereocenters. The first-order chi connectivity index (χ1) is 26.0. The molecule has 0 radical (unpaired) electrons. The van der Waals surface area contributed by atoms with Crippen LogP contribution in [0.25, 0.3) is 83.9 Å². The van der Waals surface area contributed by atoms with Crippen molar-refractivity contribution < 1.29 is 5.48 Å². The maximum absolute atomic E-state index is 9.22. The van der Waals surface area contributed by atoms with Crippen molar-refractivity contribution in [3.63, 3.8) is 0 Å². The fourth-order valence-corrected chi connectivity index (χ4v) is 6.57. The second-order valence-corrected chi connectivity index (χ2v) is 11.8. The summed E-state index contributed by atoms with van der Waals surface area (Å²) in [5.41, 5.74) is 8.28. The predicted molar refractivity (Wildman–Crippen MR) is 201 cm³/mol. The van der Waals surface area contributed by atoms with Crippen LogP contribution in [0.4, 0.5) is 0 Å². The van der Waals surface area contributed by atoms with E-state index in [1.165, 1.54) is 0 Å². The minimum atomic E-state index is -0.286. The molecule has 0 aliphatic carbocycles. The van der Waals surface area contributed by atoms with E-state index in [1.807, 2.05) is 138 Å². The number of rotatable bonds is 6. The summed E-state index contributed by atoms with van der Waals surface area (Å²) in [4.78, 5) is 14.7. The molecule has 0 aliphatic rings. The van der Waals surface area contributed by atoms with Gasteiger partial charge in [-0.05, 0) is 46.5 Å². The molecule has 7 aromatic carbocycles. The van der Waals surface area contributed by atoms with Gasteiger partial charge in [0.05, 0.1) is 16.5 Å². The zero-order valence-corrected chi connectivity index (χ0v) is 26.3. The monoisotopic (exact) mass is 630 g/mol. The zero-order valence-electron chi connectivity index (χ0n) is 30.3. The maximum Gasteiger partial charge on any atom is 0.164 e. The predicted octanol–water partition coefficient (Wildman–Crippen LogP) is 11.3. The van der Waals surface area contributed by atoms with Gasteiger partial charge in [-0.1, -0.05) is 158 Å². The van der Waals surface area contributed by atoms with Gasteiger partial charge in [0.25, 0.3) is 0 Å². The first-order valence-corrected chi connectivity index (χ1v) is 16.1. The van der Waals surface area contributed by atoms with Gasteiger partial charge in [-0.25, -0.2) is 15.0 Å². The molecular formula is C45H30N4. The summed E-state index contributed by atoms with van der Waals surface area (Å²) in [5, 5.41) is 1.22. The van der Waals surface area contributed by atoms with Crippen molar-refractivity contribution in [2.45, 2.75) is 0 Å². The first-order valence-electron chi connectivity index (χ1n) is 18.1. The molecule has 0 unspecified atom stereocenters. The summed E-state index contributed by atoms with van der Waals surface area (Å²) in [6, 6.07) is 51.0. The standard InChI is InChI=1S/C45H30N4/c1-4-16-31(17-5-1)36-24-10-11-25-37(36)38-27-15-29-41-42(38)39-26-12-13-28-40(39)49(41)35-23-14-22-34(30-35)45-47-43(32-18-6-2-7-19-32)46-44(48-45)33-20-8-3-9-21-33/h1-30H/i12D,13D,26D,28D. The smallest absolute Gasteiger partial charge is 0.164 e. The Morgan fingerprint density at radius 3 is 1.59 bits per heavy atom. The third kappa shape index (κ3) is 5.16. The van der Waals surface area contributed by atoms with E-state index in [0.717, 1.165) is 49.8 Å². The lowest BCUT2D eigenvalue weighted by atomic mass is 9.92. The number of benzene rings is 7. The summed E-state index contributed by atoms with van der Waals surface area (Å²) in [7, 11) is 0. The minimum Gasteiger partial charge on any atom is -0.309 e. The van der Waals surface area contributed by atoms with Gasteiger partial charge in [0.15, 0.2) is 17.5 Å². The lowest BCUT2D eigenvalue weighted by Gasteiger charge is -2.13. The summed E-state index contributed by atoms with van der Waals surface area (Å²) in [5.74, 6) is 1.58. The van der Waals surface area contributed by atoms with E-state index in [2.05, 4.69) is 24.3 Å². The quantitative estimate of drug-likeness (QED) is 0.184. The number of aromatic nitrogens is 4. The highest BCUT2D eigenvalue weighted by atomic mass is 15.0. The van der Waals surface area contributed by atoms with Gasteiger partial charge in [-0.3, -0.25) is 0 Å². The van der Waals surface area contributed by atoms with Gasteiger partial charge in [-0.2, -0.15) is 0 Å². The molecule has 0 aliphatic heterocycles. The Kier molecular flexibility index (Phi) is 6.09. The van der Waals surface area contributed by atoms with E-state index in [4.69, 9.17) is 17.7 Å². The number of hydrogen-bond acceptors (Lipinski definition) is 3. The summed E-state index contributed by atoms with van der Waals surface area (Å²) >= 11 is 0. The van der Waals surface area contributed by atoms with Crippen molar-refractivity contribution in [3.8, 4) is 62.1 Å². The molecule has 0 spiro atoms. The Labute approximate surface area is 290 Å². The maximum atomic E-state index is 9.22. The molecule has 0 amide bonds. The third-order valence-corrected chi connectivity index (χ3v) is 8.79. The third-order valence-electron chi connectivity index (χ3n) is 8.79. The molecular weight excluding hydrogens is 597 g/mol. The molecule has 0 saturated heterocycles. The van der Waals surface area contributed by atoms with E-state index in [0.29, 0.717) is 34.1 Å². The van der Waals surface area contributed by atoms with Crippen LogP contribution in [0.2, 0.25) is 0 Å². The molecule has 9 rings (SSSR count). The molecule has 4 heteroatoms. The van der Waals surface area contributed by atoms with Crippen LogP contribution >= 0.6 is 0 Å². The van der Waals surface area contributed by atoms with Gasteiger partial charge in [0.1, 0.15) is 0 Å². The molecule has 0 saturated carbocycles. The van der Waals surface area contributed by atoms with Crippen LogP contribution in [0.15, 0.2) is 182 Å². The van der Waals surface area contributed by atoms with Crippen LogP contribution in [-0.4, -0.2) is 19.5 Å². The van der Waals surface area contributed by atoms with E-state index in [-0.39, 0.29) is 24.2 Å². The Morgan fingerprint density at radius 1 is 0.408 bits per heavy atom. The summed E-state index contributed by atoms with van der Waals surface area (Å²) in [6.45, 7) is 0. The van der Waals surface area contributed by atoms with Crippen LogP contribution in [0, 0.1) is 0 Å². The molecule has 2 heterocycles. The van der Waals surface area contributed by atoms with Gasteiger partial charge in [0.2, 0.25) is 0 Å². The Balaban J connectivity index is 1.31. The van der Waals surface area contributed by atoms with Crippen LogP contribution < -0.4 is 0 Å². The normalized spacial score (nSPS) is 12.4. The molecule has 9 aromatic rings. The number of nitrogens with zero attached hydrogens (tertiary/aromatic N) is 4. The summed E-state index contributed by atoms with van der Waals surface area (Å²) in [6.07, 6.45) is 0. The lowest BCUT2D eigenvalue weighted by molar-refractivity contribution is 1.07. The zero-order chi connectivity index (χ0) is 36.1. The second kappa shape index (κ2) is 12.2. The van der Waals surface area contributed by atoms with Crippen LogP contribution in [0.5, 0.6) is 0 Å². The van der Waals surface area contributed by atoms with Crippen molar-refractivity contribution in [3.05, 3.63) is 182 Å². The molecule has 0 bridgehead atoms. The van der Waals surface area contributed by atoms with Gasteiger partial charge in [0, 0.05) is 33.2 Å². The van der Waals surface area contributed by atoms with E-state index >= 15 is 0 Å². The number of hydrogen-bond donors (Lipinski definition) is 0. The SMILES string of the molecule is [2H]c1c([2H])c([2H])c2c(c1[2H])c1c(-c3ccccc3-c3ccccc3)cccc1n2-c1cccc(-c2nc(-c3ccccc3)nc(-c3ccccc3)n2)c1. The second-order valence-electron chi connectivity index (χ2n) is 11.8. The molecule has 2 aromatic heterocycles. The highest BCUT2D eigenvalue weighted by Crippen LogP contribution is 2.42. The number of fused-ring (bicyclic) bond motifs is 3. The number of para-hydroxylation sites is 1. The Hall–Kier alpha value is -6.65. The molecule has 0 fully saturated rings. The highest BCUT2D eigenvalue weighted by molar-refractivity contribution is 6.16. The van der Waals surface area contributed by atoms with Crippen molar-refractivity contribution in [2.24, 2.45) is 0 Å². The lowest BCUT2D eigenvalue weighted by Crippen LogP contribution is -2.01. The average molecular weight is 631 g/mol. The molecule has 4 nitrogen and oxygen atoms in total. The average Bonchev–Trinajstić information content (AvgIpc) is 3.59. The minimum absolute atomic E-state index is 0.0805. The largest absolute Gasteiger partial charge is 0.309 e. The van der Waals surface area contributed by atoms with Crippen molar-refractivity contribution in [1.29, 1.82) is 0 Å². The molecule has 49 heavy (non-hydrogen) atoms. The molecule has 230 valence electrons. The van der Waals surface area contributed by atoms with Crippen molar-refractivity contribution in [2.75, 3.05) is 0 Å². The molecule has 0 N–H and O–H groups in total. The Bertz CT molecular complexity index is 2760. The van der Waals surface area contributed by atoms with Crippen molar-refractivity contribution >= 4 is 21.8 Å². The first kappa shape index (κ1) is 24.5. The highest BCUT2D eigenvalue weighted by Gasteiger charge is 2.19. The van der Waals surface area contributed by atoms with Crippen LogP contribution in [0.3, 0.4) is 0 Å². The van der Waals surface area contributed by atoms with Crippen LogP contribution in [-0.2, 0) is 0 Å². The van der Waals surface area contributed by atoms with Gasteiger partial charge < -0.3 is 4.57 Å². The van der Waals surface area contributed by atoms with E-state index < -0.39 is 0 Å². The van der Waals surface area contributed by atoms with Gasteiger partial charge in [-0.15, -0.1) is 0 Å². The van der Waals surface area contributed by atoms with Crippen LogP contribution in [0.1, 0.15) is 5.48 Å². The van der Waals surface area contributed by atoms with Crippen molar-refractivity contribution in [1.82, 2.24) is 19.5 Å². The Morgan fingerprint density at radius 2 is 0.918 bits per heavy atom. The topological polar surface area (TPSA) is 43.6 Å².